The molecule has 122 valence electrons. The number of hydrogen-bond acceptors (Lipinski definition) is 6. The van der Waals surface area contributed by atoms with Crippen LogP contribution in [-0.2, 0) is 9.59 Å². The van der Waals surface area contributed by atoms with Gasteiger partial charge >= 0.3 is 5.97 Å². The van der Waals surface area contributed by atoms with Crippen LogP contribution in [0.15, 0.2) is 22.3 Å². The van der Waals surface area contributed by atoms with Crippen LogP contribution < -0.4 is 10.1 Å². The Hall–Kier alpha value is -1.77. The summed E-state index contributed by atoms with van der Waals surface area (Å²) in [6.07, 6.45) is 0.319. The lowest BCUT2D eigenvalue weighted by atomic mass is 10.2. The molecular weight excluding hydrogens is 365 g/mol. The van der Waals surface area contributed by atoms with Crippen molar-refractivity contribution in [1.82, 2.24) is 5.32 Å². The van der Waals surface area contributed by atoms with Gasteiger partial charge in [0.2, 0.25) is 5.91 Å². The molecule has 1 fully saturated rings. The third kappa shape index (κ3) is 4.85. The van der Waals surface area contributed by atoms with Crippen molar-refractivity contribution in [2.75, 3.05) is 5.75 Å². The van der Waals surface area contributed by atoms with Gasteiger partial charge in [0.1, 0.15) is 0 Å². The fourth-order valence-electron chi connectivity index (χ4n) is 1.52. The second-order valence-corrected chi connectivity index (χ2v) is 6.18. The number of nitrogens with zero attached hydrogens (tertiary/aromatic N) is 2. The Balaban J connectivity index is 2.13. The van der Waals surface area contributed by atoms with Gasteiger partial charge in [0.25, 0.3) is 0 Å². The second kappa shape index (κ2) is 7.67. The van der Waals surface area contributed by atoms with Crippen molar-refractivity contribution in [1.29, 1.82) is 0 Å². The fourth-order valence-corrected chi connectivity index (χ4v) is 2.74. The molecule has 1 heterocycles. The van der Waals surface area contributed by atoms with Crippen molar-refractivity contribution < 1.29 is 19.4 Å². The van der Waals surface area contributed by atoms with Gasteiger partial charge in [0.15, 0.2) is 17.0 Å². The van der Waals surface area contributed by atoms with Gasteiger partial charge in [-0.05, 0) is 24.6 Å². The van der Waals surface area contributed by atoms with Crippen LogP contribution in [0.5, 0.6) is 5.75 Å². The zero-order valence-electron chi connectivity index (χ0n) is 11.7. The van der Waals surface area contributed by atoms with Crippen molar-refractivity contribution in [3.05, 3.63) is 27.7 Å². The number of nitrogens with one attached hydrogen (secondary N) is 1. The minimum absolute atomic E-state index is 0.0882. The van der Waals surface area contributed by atoms with Crippen molar-refractivity contribution in [3.8, 4) is 5.75 Å². The molecule has 23 heavy (non-hydrogen) atoms. The number of carbonyl (C=O) groups excluding carboxylic acids is 1. The fraction of sp³-hybridized carbons (Fsp3) is 0.231. The van der Waals surface area contributed by atoms with Gasteiger partial charge in [-0.15, -0.1) is 5.10 Å². The summed E-state index contributed by atoms with van der Waals surface area (Å²) in [5.74, 6) is -0.844. The molecule has 1 atom stereocenters. The predicted molar refractivity (Wildman–Crippen MR) is 89.8 cm³/mol. The topological polar surface area (TPSA) is 100 Å². The Morgan fingerprint density at radius 3 is 2.65 bits per heavy atom. The third-order valence-corrected chi connectivity index (χ3v) is 4.03. The van der Waals surface area contributed by atoms with E-state index in [2.05, 4.69) is 15.5 Å². The van der Waals surface area contributed by atoms with Gasteiger partial charge in [-0.25, -0.2) is 4.79 Å². The molecule has 0 aliphatic carbocycles. The first-order valence-corrected chi connectivity index (χ1v) is 8.03. The van der Waals surface area contributed by atoms with Gasteiger partial charge in [-0.2, -0.15) is 5.10 Å². The number of thioether (sulfide) groups is 1. The lowest BCUT2D eigenvalue weighted by Crippen LogP contribution is -2.23. The number of amidine groups is 1. The Morgan fingerprint density at radius 2 is 2.13 bits per heavy atom. The quantitative estimate of drug-likeness (QED) is 0.607. The molecule has 1 unspecified atom stereocenters. The number of rotatable bonds is 5. The first kappa shape index (κ1) is 17.6. The van der Waals surface area contributed by atoms with Crippen molar-refractivity contribution >= 4 is 58.2 Å². The number of carboxylic acids is 1. The highest BCUT2D eigenvalue weighted by Gasteiger charge is 2.18. The van der Waals surface area contributed by atoms with Crippen LogP contribution in [0.2, 0.25) is 10.0 Å². The summed E-state index contributed by atoms with van der Waals surface area (Å²) < 4.78 is 5.20. The number of benzene rings is 1. The molecule has 10 heteroatoms. The predicted octanol–water partition coefficient (Wildman–Crippen LogP) is 2.40. The Kier molecular flexibility index (Phi) is 5.86. The molecule has 1 aromatic rings. The van der Waals surface area contributed by atoms with Crippen LogP contribution >= 0.6 is 35.0 Å². The van der Waals surface area contributed by atoms with E-state index in [0.29, 0.717) is 16.5 Å². The van der Waals surface area contributed by atoms with Gasteiger partial charge in [0, 0.05) is 0 Å². The molecule has 0 aromatic heterocycles. The maximum absolute atomic E-state index is 11.0. The zero-order valence-corrected chi connectivity index (χ0v) is 14.1. The number of ether oxygens (including phenoxy) is 1. The molecule has 1 saturated heterocycles. The second-order valence-electron chi connectivity index (χ2n) is 4.40. The third-order valence-electron chi connectivity index (χ3n) is 2.60. The van der Waals surface area contributed by atoms with E-state index in [1.165, 1.54) is 37.0 Å². The number of aliphatic carboxylic acids is 1. The molecular formula is C13H11Cl2N3O4S. The highest BCUT2D eigenvalue weighted by atomic mass is 35.5. The van der Waals surface area contributed by atoms with Gasteiger partial charge in [-0.3, -0.25) is 4.79 Å². The van der Waals surface area contributed by atoms with Crippen LogP contribution in [0.3, 0.4) is 0 Å². The highest BCUT2D eigenvalue weighted by Crippen LogP contribution is 2.34. The van der Waals surface area contributed by atoms with Gasteiger partial charge in [0.05, 0.1) is 22.0 Å². The van der Waals surface area contributed by atoms with E-state index >= 15 is 0 Å². The summed E-state index contributed by atoms with van der Waals surface area (Å²) in [7, 11) is 0. The highest BCUT2D eigenvalue weighted by molar-refractivity contribution is 8.15. The van der Waals surface area contributed by atoms with E-state index in [9.17, 15) is 9.59 Å². The summed E-state index contributed by atoms with van der Waals surface area (Å²) >= 11 is 13.3. The maximum atomic E-state index is 11.0. The molecule has 1 aliphatic rings. The zero-order chi connectivity index (χ0) is 17.0. The molecule has 1 amide bonds. The number of hydrogen-bond donors (Lipinski definition) is 2. The summed E-state index contributed by atoms with van der Waals surface area (Å²) in [4.78, 5) is 21.8. The molecule has 2 N–H and O–H groups in total. The first-order valence-electron chi connectivity index (χ1n) is 6.29. The summed E-state index contributed by atoms with van der Waals surface area (Å²) in [5, 5.41) is 19.8. The smallest absolute Gasteiger partial charge is 0.344 e. The monoisotopic (exact) mass is 375 g/mol. The molecule has 2 rings (SSSR count). The number of carbonyl (C=O) groups is 2. The number of carboxylic acid groups (broad SMARTS) is 1. The lowest BCUT2D eigenvalue weighted by molar-refractivity contribution is -0.144. The van der Waals surface area contributed by atoms with Crippen molar-refractivity contribution in [2.45, 2.75) is 13.0 Å². The molecule has 0 radical (unpaired) electrons. The summed E-state index contributed by atoms with van der Waals surface area (Å²) in [5.41, 5.74) is 0.550. The largest absolute Gasteiger partial charge is 0.479 e. The maximum Gasteiger partial charge on any atom is 0.344 e. The standard InChI is InChI=1S/C13H11Cl2N3O4S/c1-6(12(20)21)22-11-8(14)2-7(3-9(11)15)4-16-18-13-17-10(19)5-23-13/h2-4,6H,5H2,1H3,(H,20,21)(H,17,18,19). The van der Waals surface area contributed by atoms with Gasteiger partial charge < -0.3 is 15.2 Å². The van der Waals surface area contributed by atoms with Crippen LogP contribution in [0, 0.1) is 0 Å². The molecule has 1 aromatic carbocycles. The summed E-state index contributed by atoms with van der Waals surface area (Å²) in [6, 6.07) is 3.03. The first-order chi connectivity index (χ1) is 10.9. The van der Waals surface area contributed by atoms with Crippen LogP contribution in [0.4, 0.5) is 0 Å². The number of amides is 1. The summed E-state index contributed by atoms with van der Waals surface area (Å²) in [6.45, 7) is 1.37. The average Bonchev–Trinajstić information content (AvgIpc) is 2.88. The molecule has 1 aliphatic heterocycles. The van der Waals surface area contributed by atoms with E-state index in [1.54, 1.807) is 0 Å². The van der Waals surface area contributed by atoms with E-state index in [4.69, 9.17) is 33.0 Å². The van der Waals surface area contributed by atoms with E-state index < -0.39 is 12.1 Å². The Bertz CT molecular complexity index is 685. The lowest BCUT2D eigenvalue weighted by Gasteiger charge is -2.13. The van der Waals surface area contributed by atoms with E-state index in [0.717, 1.165) is 0 Å². The molecule has 0 saturated carbocycles. The molecule has 0 bridgehead atoms. The normalized spacial score (nSPS) is 17.5. The molecule has 7 nitrogen and oxygen atoms in total. The Labute approximate surface area is 145 Å². The van der Waals surface area contributed by atoms with Crippen LogP contribution in [-0.4, -0.2) is 40.2 Å². The van der Waals surface area contributed by atoms with Crippen molar-refractivity contribution in [3.63, 3.8) is 0 Å². The van der Waals surface area contributed by atoms with Gasteiger partial charge in [-0.1, -0.05) is 35.0 Å². The van der Waals surface area contributed by atoms with E-state index in [-0.39, 0.29) is 21.7 Å². The van der Waals surface area contributed by atoms with Crippen LogP contribution in [0.25, 0.3) is 0 Å². The Morgan fingerprint density at radius 1 is 1.48 bits per heavy atom. The number of halogens is 2. The molecule has 0 spiro atoms. The van der Waals surface area contributed by atoms with Crippen molar-refractivity contribution in [2.24, 2.45) is 10.2 Å². The van der Waals surface area contributed by atoms with Crippen LogP contribution in [0.1, 0.15) is 12.5 Å². The SMILES string of the molecule is CC(Oc1c(Cl)cc(C=NN=C2NC(=O)CS2)cc1Cl)C(=O)O. The van der Waals surface area contributed by atoms with E-state index in [1.807, 2.05) is 0 Å². The minimum atomic E-state index is -1.13. The average molecular weight is 376 g/mol. The minimum Gasteiger partial charge on any atom is -0.479 e.